The molecule has 0 atom stereocenters. The van der Waals surface area contributed by atoms with Gasteiger partial charge in [0.05, 0.1) is 5.52 Å². The molecular formula is C31H21N7. The van der Waals surface area contributed by atoms with Gasteiger partial charge in [0.25, 0.3) is 0 Å². The Hall–Kier alpha value is -5.30. The summed E-state index contributed by atoms with van der Waals surface area (Å²) in [4.78, 5) is 28.1. The smallest absolute Gasteiger partial charge is 0.182 e. The van der Waals surface area contributed by atoms with Crippen LogP contribution in [0.4, 0.5) is 0 Å². The highest BCUT2D eigenvalue weighted by molar-refractivity contribution is 6.09. The molecule has 38 heavy (non-hydrogen) atoms. The first-order chi connectivity index (χ1) is 18.8. The molecule has 5 heterocycles. The van der Waals surface area contributed by atoms with Gasteiger partial charge in [0, 0.05) is 47.0 Å². The van der Waals surface area contributed by atoms with Crippen LogP contribution in [-0.2, 0) is 0 Å². The van der Waals surface area contributed by atoms with Crippen molar-refractivity contribution in [1.82, 2.24) is 34.5 Å². The maximum atomic E-state index is 4.83. The third kappa shape index (κ3) is 3.87. The Balaban J connectivity index is 1.45. The van der Waals surface area contributed by atoms with Crippen molar-refractivity contribution in [2.45, 2.75) is 6.42 Å². The summed E-state index contributed by atoms with van der Waals surface area (Å²) in [5, 5.41) is 2.16. The summed E-state index contributed by atoms with van der Waals surface area (Å²) < 4.78 is 2.24. The highest BCUT2D eigenvalue weighted by atomic mass is 15.1. The van der Waals surface area contributed by atoms with Crippen LogP contribution in [0.3, 0.4) is 0 Å². The third-order valence-electron chi connectivity index (χ3n) is 6.47. The van der Waals surface area contributed by atoms with E-state index in [0.29, 0.717) is 28.9 Å². The van der Waals surface area contributed by atoms with Crippen LogP contribution >= 0.6 is 0 Å². The molecule has 0 aliphatic heterocycles. The van der Waals surface area contributed by atoms with Crippen LogP contribution in [0, 0.1) is 0 Å². The Labute approximate surface area is 218 Å². The number of benzene rings is 1. The van der Waals surface area contributed by atoms with E-state index in [1.807, 2.05) is 54.7 Å². The number of hydrogen-bond acceptors (Lipinski definition) is 6. The minimum absolute atomic E-state index is 0.502. The molecule has 0 bridgehead atoms. The molecule has 180 valence electrons. The second kappa shape index (κ2) is 9.29. The van der Waals surface area contributed by atoms with Gasteiger partial charge in [-0.15, -0.1) is 0 Å². The van der Waals surface area contributed by atoms with Gasteiger partial charge in [0.15, 0.2) is 17.5 Å². The highest BCUT2D eigenvalue weighted by Crippen LogP contribution is 2.34. The molecule has 0 saturated carbocycles. The van der Waals surface area contributed by atoms with Crippen LogP contribution in [-0.4, -0.2) is 34.5 Å². The quantitative estimate of drug-likeness (QED) is 0.279. The van der Waals surface area contributed by atoms with Gasteiger partial charge < -0.3 is 0 Å². The molecule has 1 aliphatic rings. The fourth-order valence-electron chi connectivity index (χ4n) is 4.73. The molecular weight excluding hydrogens is 470 g/mol. The second-order valence-electron chi connectivity index (χ2n) is 8.85. The van der Waals surface area contributed by atoms with E-state index in [9.17, 15) is 0 Å². The summed E-state index contributed by atoms with van der Waals surface area (Å²) in [6.07, 6.45) is 16.6. The van der Waals surface area contributed by atoms with Gasteiger partial charge in [-0.05, 0) is 60.7 Å². The zero-order chi connectivity index (χ0) is 25.3. The van der Waals surface area contributed by atoms with E-state index < -0.39 is 0 Å². The first-order valence-electron chi connectivity index (χ1n) is 12.4. The molecule has 0 saturated heterocycles. The first kappa shape index (κ1) is 21.9. The third-order valence-corrected chi connectivity index (χ3v) is 6.47. The zero-order valence-electron chi connectivity index (χ0n) is 20.3. The number of aromatic nitrogens is 7. The lowest BCUT2D eigenvalue weighted by Crippen LogP contribution is -2.02. The molecule has 0 N–H and O–H groups in total. The fourth-order valence-corrected chi connectivity index (χ4v) is 4.73. The van der Waals surface area contributed by atoms with Crippen molar-refractivity contribution in [3.63, 3.8) is 0 Å². The number of rotatable bonds is 4. The molecule has 7 nitrogen and oxygen atoms in total. The van der Waals surface area contributed by atoms with Gasteiger partial charge in [0.1, 0.15) is 17.0 Å². The van der Waals surface area contributed by atoms with Crippen molar-refractivity contribution in [2.75, 3.05) is 0 Å². The summed E-state index contributed by atoms with van der Waals surface area (Å²) in [5.41, 5.74) is 5.41. The number of allylic oxidation sites excluding steroid dienone is 6. The minimum Gasteiger partial charge on any atom is -0.297 e. The van der Waals surface area contributed by atoms with E-state index in [-0.39, 0.29) is 0 Å². The van der Waals surface area contributed by atoms with E-state index in [1.54, 1.807) is 12.4 Å². The van der Waals surface area contributed by atoms with Crippen LogP contribution in [0.15, 0.2) is 116 Å². The van der Waals surface area contributed by atoms with Gasteiger partial charge in [0.2, 0.25) is 0 Å². The Morgan fingerprint density at radius 1 is 0.605 bits per heavy atom. The van der Waals surface area contributed by atoms with Gasteiger partial charge in [-0.1, -0.05) is 36.4 Å². The highest BCUT2D eigenvalue weighted by Gasteiger charge is 2.18. The maximum absolute atomic E-state index is 4.83. The first-order valence-corrected chi connectivity index (χ1v) is 12.4. The zero-order valence-corrected chi connectivity index (χ0v) is 20.3. The number of hydrogen-bond donors (Lipinski definition) is 0. The Morgan fingerprint density at radius 2 is 1.34 bits per heavy atom. The minimum atomic E-state index is 0.502. The van der Waals surface area contributed by atoms with Crippen molar-refractivity contribution >= 4 is 27.6 Å². The summed E-state index contributed by atoms with van der Waals surface area (Å²) in [7, 11) is 0. The normalized spacial score (nSPS) is 13.1. The lowest BCUT2D eigenvalue weighted by Gasteiger charge is -2.10. The summed E-state index contributed by atoms with van der Waals surface area (Å²) in [5.74, 6) is 1.57. The summed E-state index contributed by atoms with van der Waals surface area (Å²) in [6, 6.07) is 21.8. The average molecular weight is 492 g/mol. The standard InChI is InChI=1S/C31H21N7/c1-2-4-11-22(10-3-1)38-27-16-15-21(20-24(27)23-12-9-19-34-31(23)38)28-35-29(25-13-5-7-17-32-25)37-30(36-28)26-14-6-8-18-33-26/h1-10,12-20H,11H2. The lowest BCUT2D eigenvalue weighted by molar-refractivity contribution is 1.05. The molecule has 5 aromatic heterocycles. The van der Waals surface area contributed by atoms with Crippen LogP contribution in [0.25, 0.3) is 62.1 Å². The molecule has 7 rings (SSSR count). The predicted molar refractivity (Wildman–Crippen MR) is 150 cm³/mol. The fraction of sp³-hybridized carbons (Fsp3) is 0.0323. The SMILES string of the molecule is C1=CC=C(n2c3ccc(-c4nc(-c5ccccn5)nc(-c5ccccn5)n4)cc3c3cccnc32)CC=C1. The predicted octanol–water partition coefficient (Wildman–Crippen LogP) is 6.52. The van der Waals surface area contributed by atoms with Crippen molar-refractivity contribution in [3.8, 4) is 34.4 Å². The molecule has 0 fully saturated rings. The van der Waals surface area contributed by atoms with Crippen LogP contribution in [0.1, 0.15) is 6.42 Å². The molecule has 0 unspecified atom stereocenters. The van der Waals surface area contributed by atoms with Crippen molar-refractivity contribution in [1.29, 1.82) is 0 Å². The van der Waals surface area contributed by atoms with Crippen LogP contribution in [0.2, 0.25) is 0 Å². The molecule has 0 spiro atoms. The largest absolute Gasteiger partial charge is 0.297 e. The molecule has 6 aromatic rings. The molecule has 1 aliphatic carbocycles. The van der Waals surface area contributed by atoms with Crippen LogP contribution in [0.5, 0.6) is 0 Å². The van der Waals surface area contributed by atoms with E-state index in [1.165, 1.54) is 0 Å². The van der Waals surface area contributed by atoms with Gasteiger partial charge in [-0.25, -0.2) is 19.9 Å². The average Bonchev–Trinajstić information content (AvgIpc) is 3.11. The van der Waals surface area contributed by atoms with E-state index in [0.717, 1.165) is 39.6 Å². The van der Waals surface area contributed by atoms with E-state index in [2.05, 4.69) is 63.1 Å². The number of nitrogens with zero attached hydrogens (tertiary/aromatic N) is 7. The molecule has 7 heteroatoms. The summed E-state index contributed by atoms with van der Waals surface area (Å²) in [6.45, 7) is 0. The lowest BCUT2D eigenvalue weighted by atomic mass is 10.1. The maximum Gasteiger partial charge on any atom is 0.182 e. The topological polar surface area (TPSA) is 82.3 Å². The van der Waals surface area contributed by atoms with Gasteiger partial charge in [-0.2, -0.15) is 0 Å². The molecule has 1 aromatic carbocycles. The van der Waals surface area contributed by atoms with E-state index >= 15 is 0 Å². The molecule has 0 radical (unpaired) electrons. The van der Waals surface area contributed by atoms with Gasteiger partial charge >= 0.3 is 0 Å². The van der Waals surface area contributed by atoms with Gasteiger partial charge in [-0.3, -0.25) is 14.5 Å². The Morgan fingerprint density at radius 3 is 2.08 bits per heavy atom. The molecule has 0 amide bonds. The van der Waals surface area contributed by atoms with Crippen molar-refractivity contribution in [3.05, 3.63) is 116 Å². The second-order valence-corrected chi connectivity index (χ2v) is 8.85. The summed E-state index contributed by atoms with van der Waals surface area (Å²) >= 11 is 0. The van der Waals surface area contributed by atoms with Crippen molar-refractivity contribution in [2.24, 2.45) is 0 Å². The van der Waals surface area contributed by atoms with Crippen molar-refractivity contribution < 1.29 is 0 Å². The van der Waals surface area contributed by atoms with E-state index in [4.69, 9.17) is 19.9 Å². The monoisotopic (exact) mass is 491 g/mol. The Kier molecular flexibility index (Phi) is 5.37. The number of pyridine rings is 3. The Bertz CT molecular complexity index is 1830. The number of fused-ring (bicyclic) bond motifs is 3. The van der Waals surface area contributed by atoms with Crippen LogP contribution < -0.4 is 0 Å².